The van der Waals surface area contributed by atoms with E-state index in [-0.39, 0.29) is 5.92 Å². The maximum absolute atomic E-state index is 5.17. The summed E-state index contributed by atoms with van der Waals surface area (Å²) in [5.74, 6) is 2.83. The third kappa shape index (κ3) is 8.98. The van der Waals surface area contributed by atoms with E-state index in [4.69, 9.17) is 4.98 Å². The highest BCUT2D eigenvalue weighted by atomic mass is 32.2. The molecular formula is C39H50N4S. The molecule has 0 saturated carbocycles. The van der Waals surface area contributed by atoms with E-state index in [1.807, 2.05) is 11.6 Å². The molecule has 0 N–H and O–H groups in total. The van der Waals surface area contributed by atoms with Crippen molar-refractivity contribution in [3.63, 3.8) is 0 Å². The Labute approximate surface area is 270 Å². The molecule has 5 heteroatoms. The Bertz CT molecular complexity index is 1550. The van der Waals surface area contributed by atoms with E-state index < -0.39 is 0 Å². The first-order chi connectivity index (χ1) is 21.1. The van der Waals surface area contributed by atoms with Gasteiger partial charge in [-0.15, -0.1) is 11.8 Å². The van der Waals surface area contributed by atoms with Crippen molar-refractivity contribution in [1.29, 1.82) is 0 Å². The zero-order valence-electron chi connectivity index (χ0n) is 27.6. The van der Waals surface area contributed by atoms with Gasteiger partial charge in [0.1, 0.15) is 5.82 Å². The van der Waals surface area contributed by atoms with Crippen LogP contribution in [0.15, 0.2) is 96.1 Å². The first kappa shape index (κ1) is 33.3. The molecule has 0 radical (unpaired) electrons. The molecule has 3 aromatic carbocycles. The van der Waals surface area contributed by atoms with Crippen LogP contribution >= 0.6 is 11.8 Å². The lowest BCUT2D eigenvalue weighted by Gasteiger charge is -2.38. The van der Waals surface area contributed by atoms with Crippen LogP contribution in [0.2, 0.25) is 0 Å². The predicted molar refractivity (Wildman–Crippen MR) is 193 cm³/mol. The zero-order chi connectivity index (χ0) is 31.7. The summed E-state index contributed by atoms with van der Waals surface area (Å²) in [6.07, 6.45) is 5.96. The van der Waals surface area contributed by atoms with Crippen molar-refractivity contribution in [2.45, 2.75) is 72.8 Å². The number of hydrogen-bond donors (Lipinski definition) is 0. The lowest BCUT2D eigenvalue weighted by Crippen LogP contribution is -2.42. The molecule has 0 spiro atoms. The molecule has 1 aliphatic rings. The first-order valence-electron chi connectivity index (χ1n) is 15.8. The van der Waals surface area contributed by atoms with Crippen LogP contribution in [-0.4, -0.2) is 40.0 Å². The second-order valence-electron chi connectivity index (χ2n) is 13.1. The minimum Gasteiger partial charge on any atom is -0.376 e. The summed E-state index contributed by atoms with van der Waals surface area (Å²) in [4.78, 5) is 11.3. The zero-order valence-corrected chi connectivity index (χ0v) is 28.4. The molecule has 1 aliphatic heterocycles. The Morgan fingerprint density at radius 3 is 2.34 bits per heavy atom. The smallest absolute Gasteiger partial charge is 0.116 e. The van der Waals surface area contributed by atoms with Crippen molar-refractivity contribution >= 4 is 29.5 Å². The van der Waals surface area contributed by atoms with Gasteiger partial charge in [-0.1, -0.05) is 106 Å². The van der Waals surface area contributed by atoms with Crippen LogP contribution in [0.3, 0.4) is 0 Å². The van der Waals surface area contributed by atoms with Gasteiger partial charge in [0.2, 0.25) is 0 Å². The van der Waals surface area contributed by atoms with Gasteiger partial charge in [0, 0.05) is 37.5 Å². The Morgan fingerprint density at radius 2 is 1.70 bits per heavy atom. The third-order valence-corrected chi connectivity index (χ3v) is 9.35. The SMILES string of the molecule is C=CN1CC(c2nc3ccc(C(CS/C=C\N=C)c4ccc(C)cc4)cc3n2CCc2cccc(C)c2)C1.CCC(C)(C)C. The predicted octanol–water partition coefficient (Wildman–Crippen LogP) is 9.92. The summed E-state index contributed by atoms with van der Waals surface area (Å²) >= 11 is 1.77. The average molecular weight is 607 g/mol. The summed E-state index contributed by atoms with van der Waals surface area (Å²) in [7, 11) is 0. The topological polar surface area (TPSA) is 33.4 Å². The van der Waals surface area contributed by atoms with E-state index in [0.717, 1.165) is 37.3 Å². The Kier molecular flexibility index (Phi) is 11.7. The molecule has 0 aliphatic carbocycles. The van der Waals surface area contributed by atoms with Crippen molar-refractivity contribution < 1.29 is 0 Å². The minimum absolute atomic E-state index is 0.267. The summed E-state index contributed by atoms with van der Waals surface area (Å²) in [6, 6.07) is 24.6. The number of aliphatic imine (C=N–C) groups is 1. The monoisotopic (exact) mass is 606 g/mol. The number of benzene rings is 3. The lowest BCUT2D eigenvalue weighted by molar-refractivity contribution is 0.210. The highest BCUT2D eigenvalue weighted by molar-refractivity contribution is 8.02. The van der Waals surface area contributed by atoms with Gasteiger partial charge in [-0.2, -0.15) is 0 Å². The van der Waals surface area contributed by atoms with E-state index >= 15 is 0 Å². The lowest BCUT2D eigenvalue weighted by atomic mass is 9.92. The molecule has 4 aromatic rings. The molecule has 0 amide bonds. The maximum Gasteiger partial charge on any atom is 0.116 e. The molecule has 4 nitrogen and oxygen atoms in total. The molecule has 1 saturated heterocycles. The summed E-state index contributed by atoms with van der Waals surface area (Å²) in [5, 5.41) is 2.03. The second kappa shape index (κ2) is 15.4. The fraction of sp³-hybridized carbons (Fsp3) is 0.385. The maximum atomic E-state index is 5.17. The van der Waals surface area contributed by atoms with Gasteiger partial charge in [-0.05, 0) is 72.8 Å². The number of aryl methyl sites for hydroxylation is 4. The molecular weight excluding hydrogens is 557 g/mol. The van der Waals surface area contributed by atoms with Crippen molar-refractivity contribution in [2.75, 3.05) is 18.8 Å². The van der Waals surface area contributed by atoms with Crippen molar-refractivity contribution in [2.24, 2.45) is 10.4 Å². The Hall–Kier alpha value is -3.57. The van der Waals surface area contributed by atoms with Gasteiger partial charge < -0.3 is 9.47 Å². The van der Waals surface area contributed by atoms with Crippen LogP contribution in [0.1, 0.15) is 79.6 Å². The fourth-order valence-electron chi connectivity index (χ4n) is 5.28. The largest absolute Gasteiger partial charge is 0.376 e. The number of likely N-dealkylation sites (tertiary alicyclic amines) is 1. The molecule has 5 rings (SSSR count). The number of rotatable bonds is 11. The number of nitrogens with zero attached hydrogens (tertiary/aromatic N) is 4. The van der Waals surface area contributed by atoms with E-state index in [1.165, 1.54) is 45.6 Å². The standard InChI is InChI=1S/C33H36N4S.C6H14/c1-5-36-21-29(22-36)33-35-31-14-13-28(20-32(31)37(33)17-15-26-8-6-7-25(3)19-26)30(23-38-18-16-34-4)27-11-9-24(2)10-12-27;1-5-6(2,3)4/h5-14,16,18-20,29-30H,1,4,15,17,21-23H2,2-3H3;5H2,1-4H3/b18-16-;. The van der Waals surface area contributed by atoms with Gasteiger partial charge in [0.05, 0.1) is 17.0 Å². The van der Waals surface area contributed by atoms with E-state index in [2.05, 4.69) is 136 Å². The number of aromatic nitrogens is 2. The summed E-state index contributed by atoms with van der Waals surface area (Å²) < 4.78 is 2.48. The number of thioether (sulfide) groups is 1. The summed E-state index contributed by atoms with van der Waals surface area (Å²) in [5.41, 5.74) is 9.45. The van der Waals surface area contributed by atoms with Crippen LogP contribution in [-0.2, 0) is 13.0 Å². The number of fused-ring (bicyclic) bond motifs is 1. The van der Waals surface area contributed by atoms with E-state index in [1.54, 1.807) is 18.0 Å². The van der Waals surface area contributed by atoms with Crippen LogP contribution < -0.4 is 0 Å². The van der Waals surface area contributed by atoms with E-state index in [0.29, 0.717) is 11.3 Å². The Morgan fingerprint density at radius 1 is 1.00 bits per heavy atom. The number of imidazole rings is 1. The van der Waals surface area contributed by atoms with Crippen molar-refractivity contribution in [3.8, 4) is 0 Å². The molecule has 232 valence electrons. The van der Waals surface area contributed by atoms with Crippen LogP contribution in [0, 0.1) is 19.3 Å². The minimum atomic E-state index is 0.267. The second-order valence-corrected chi connectivity index (χ2v) is 14.1. The summed E-state index contributed by atoms with van der Waals surface area (Å²) in [6.45, 7) is 23.6. The van der Waals surface area contributed by atoms with Gasteiger partial charge in [-0.3, -0.25) is 4.99 Å². The highest BCUT2D eigenvalue weighted by Gasteiger charge is 2.30. The quantitative estimate of drug-likeness (QED) is 0.159. The molecule has 1 fully saturated rings. The Balaban J connectivity index is 0.000000670. The van der Waals surface area contributed by atoms with Gasteiger partial charge in [0.25, 0.3) is 0 Å². The molecule has 1 atom stereocenters. The van der Waals surface area contributed by atoms with Crippen LogP contribution in [0.4, 0.5) is 0 Å². The van der Waals surface area contributed by atoms with Crippen molar-refractivity contribution in [1.82, 2.24) is 14.5 Å². The fourth-order valence-corrected chi connectivity index (χ4v) is 6.14. The molecule has 1 unspecified atom stereocenters. The van der Waals surface area contributed by atoms with Crippen molar-refractivity contribution in [3.05, 3.63) is 125 Å². The van der Waals surface area contributed by atoms with Crippen LogP contribution in [0.25, 0.3) is 11.0 Å². The molecule has 1 aromatic heterocycles. The average Bonchev–Trinajstić information content (AvgIpc) is 3.33. The number of hydrogen-bond acceptors (Lipinski definition) is 4. The van der Waals surface area contributed by atoms with E-state index in [9.17, 15) is 0 Å². The van der Waals surface area contributed by atoms with Gasteiger partial charge >= 0.3 is 0 Å². The highest BCUT2D eigenvalue weighted by Crippen LogP contribution is 2.34. The molecule has 44 heavy (non-hydrogen) atoms. The molecule has 0 bridgehead atoms. The normalized spacial score (nSPS) is 14.3. The van der Waals surface area contributed by atoms with Crippen LogP contribution in [0.5, 0.6) is 0 Å². The third-order valence-electron chi connectivity index (χ3n) is 8.51. The first-order valence-corrected chi connectivity index (χ1v) is 16.9. The van der Waals surface area contributed by atoms with Gasteiger partial charge in [-0.25, -0.2) is 4.98 Å². The molecule has 2 heterocycles. The van der Waals surface area contributed by atoms with Gasteiger partial charge in [0.15, 0.2) is 0 Å².